The Kier molecular flexibility index (Phi) is 7.35. The van der Waals surface area contributed by atoms with Crippen molar-refractivity contribution in [2.24, 2.45) is 0 Å². The van der Waals surface area contributed by atoms with E-state index in [-0.39, 0.29) is 23.9 Å². The lowest BCUT2D eigenvalue weighted by Gasteiger charge is -2.09. The van der Waals surface area contributed by atoms with Crippen molar-refractivity contribution in [1.82, 2.24) is 19.7 Å². The lowest BCUT2D eigenvalue weighted by atomic mass is 10.1. The summed E-state index contributed by atoms with van der Waals surface area (Å²) >= 11 is 0. The molecule has 5 rings (SSSR count). The number of nitrogens with zero attached hydrogens (tertiary/aromatic N) is 3. The van der Waals surface area contributed by atoms with E-state index in [1.54, 1.807) is 36.7 Å². The molecule has 190 valence electrons. The number of anilines is 2. The van der Waals surface area contributed by atoms with Crippen LogP contribution in [-0.2, 0) is 11.2 Å². The average Bonchev–Trinajstić information content (AvgIpc) is 3.61. The van der Waals surface area contributed by atoms with Crippen LogP contribution in [0.15, 0.2) is 97.5 Å². The Morgan fingerprint density at radius 3 is 2.53 bits per heavy atom. The molecule has 0 bridgehead atoms. The van der Waals surface area contributed by atoms with Crippen molar-refractivity contribution in [1.29, 1.82) is 0 Å². The number of H-pyrrole nitrogens is 1. The largest absolute Gasteiger partial charge is 0.324 e. The van der Waals surface area contributed by atoms with Crippen LogP contribution in [0.1, 0.15) is 28.9 Å². The van der Waals surface area contributed by atoms with Gasteiger partial charge in [-0.05, 0) is 54.8 Å². The summed E-state index contributed by atoms with van der Waals surface area (Å²) in [7, 11) is 0. The summed E-state index contributed by atoms with van der Waals surface area (Å²) in [5.41, 5.74) is 3.95. The second-order valence-corrected chi connectivity index (χ2v) is 8.66. The van der Waals surface area contributed by atoms with Crippen LogP contribution < -0.4 is 10.6 Å². The maximum atomic E-state index is 13.8. The molecule has 0 saturated carbocycles. The first-order valence-corrected chi connectivity index (χ1v) is 12.2. The second kappa shape index (κ2) is 11.3. The standard InChI is InChI=1S/C29H25FN6O2/c30-25-13-4-5-14-26(25)34-27(37)15-7-10-23-19-36(24-11-2-1-3-12-24)29(33-23)35-28(38)21-9-6-8-20(16-21)22-17-31-32-18-22/h1-6,8-9,11-14,16-19H,7,10,15H2,(H,31,32)(H,34,37)(H,33,35,38). The molecule has 8 nitrogen and oxygen atoms in total. The summed E-state index contributed by atoms with van der Waals surface area (Å²) < 4.78 is 15.6. The third kappa shape index (κ3) is 5.84. The fourth-order valence-electron chi connectivity index (χ4n) is 4.05. The molecule has 3 N–H and O–H groups in total. The summed E-state index contributed by atoms with van der Waals surface area (Å²) in [6.07, 6.45) is 6.52. The Balaban J connectivity index is 1.29. The number of hydrogen-bond donors (Lipinski definition) is 3. The first-order chi connectivity index (χ1) is 18.6. The number of aromatic nitrogens is 4. The molecule has 0 aliphatic heterocycles. The predicted molar refractivity (Wildman–Crippen MR) is 144 cm³/mol. The van der Waals surface area contributed by atoms with Gasteiger partial charge in [-0.3, -0.25) is 24.6 Å². The van der Waals surface area contributed by atoms with Crippen molar-refractivity contribution in [3.63, 3.8) is 0 Å². The van der Waals surface area contributed by atoms with E-state index in [4.69, 9.17) is 0 Å². The molecular weight excluding hydrogens is 483 g/mol. The number of carbonyl (C=O) groups is 2. The highest BCUT2D eigenvalue weighted by Crippen LogP contribution is 2.22. The van der Waals surface area contributed by atoms with Crippen molar-refractivity contribution in [2.75, 3.05) is 10.6 Å². The van der Waals surface area contributed by atoms with Gasteiger partial charge >= 0.3 is 0 Å². The van der Waals surface area contributed by atoms with Crippen molar-refractivity contribution in [3.8, 4) is 16.8 Å². The molecule has 38 heavy (non-hydrogen) atoms. The minimum absolute atomic E-state index is 0.160. The SMILES string of the molecule is O=C(CCCc1cn(-c2ccccc2)c(NC(=O)c2cccc(-c3cn[nH]c3)c2)n1)Nc1ccccc1F. The normalized spacial score (nSPS) is 10.8. The van der Waals surface area contributed by atoms with Gasteiger partial charge in [0.2, 0.25) is 11.9 Å². The van der Waals surface area contributed by atoms with Gasteiger partial charge in [-0.2, -0.15) is 5.10 Å². The van der Waals surface area contributed by atoms with Crippen molar-refractivity contribution in [3.05, 3.63) is 115 Å². The number of amides is 2. The Hall–Kier alpha value is -5.05. The second-order valence-electron chi connectivity index (χ2n) is 8.66. The highest BCUT2D eigenvalue weighted by Gasteiger charge is 2.15. The van der Waals surface area contributed by atoms with Crippen LogP contribution in [-0.4, -0.2) is 31.6 Å². The third-order valence-electron chi connectivity index (χ3n) is 5.96. The first-order valence-electron chi connectivity index (χ1n) is 12.2. The van der Waals surface area contributed by atoms with Gasteiger partial charge in [0.15, 0.2) is 0 Å². The maximum absolute atomic E-state index is 13.8. The molecule has 2 amide bonds. The molecule has 5 aromatic rings. The molecule has 0 spiro atoms. The number of halogens is 1. The van der Waals surface area contributed by atoms with E-state index in [9.17, 15) is 14.0 Å². The number of aromatic amines is 1. The van der Waals surface area contributed by atoms with Crippen molar-refractivity contribution in [2.45, 2.75) is 19.3 Å². The summed E-state index contributed by atoms with van der Waals surface area (Å²) in [6.45, 7) is 0. The molecule has 0 atom stereocenters. The number of carbonyl (C=O) groups excluding carboxylic acids is 2. The van der Waals surface area contributed by atoms with E-state index < -0.39 is 5.82 Å². The highest BCUT2D eigenvalue weighted by molar-refractivity contribution is 6.04. The maximum Gasteiger partial charge on any atom is 0.258 e. The quantitative estimate of drug-likeness (QED) is 0.241. The molecule has 0 aliphatic carbocycles. The lowest BCUT2D eigenvalue weighted by Crippen LogP contribution is -2.15. The van der Waals surface area contributed by atoms with E-state index in [1.807, 2.05) is 53.2 Å². The summed E-state index contributed by atoms with van der Waals surface area (Å²) in [5, 5.41) is 12.3. The molecule has 0 saturated heterocycles. The molecule has 0 radical (unpaired) electrons. The van der Waals surface area contributed by atoms with Gasteiger partial charge in [0.25, 0.3) is 5.91 Å². The third-order valence-corrected chi connectivity index (χ3v) is 5.96. The van der Waals surface area contributed by atoms with Gasteiger partial charge in [0.1, 0.15) is 5.82 Å². The number of aryl methyl sites for hydroxylation is 1. The number of hydrogen-bond acceptors (Lipinski definition) is 4. The molecular formula is C29H25FN6O2. The number of nitrogens with one attached hydrogen (secondary N) is 3. The van der Waals surface area contributed by atoms with Crippen molar-refractivity contribution < 1.29 is 14.0 Å². The van der Waals surface area contributed by atoms with Crippen LogP contribution in [0, 0.1) is 5.82 Å². The van der Waals surface area contributed by atoms with Crippen LogP contribution in [0.5, 0.6) is 0 Å². The molecule has 3 aromatic carbocycles. The smallest absolute Gasteiger partial charge is 0.258 e. The number of imidazole rings is 1. The van der Waals surface area contributed by atoms with E-state index in [0.29, 0.717) is 24.4 Å². The Bertz CT molecular complexity index is 1550. The van der Waals surface area contributed by atoms with Gasteiger partial charge < -0.3 is 5.32 Å². The summed E-state index contributed by atoms with van der Waals surface area (Å²) in [5.74, 6) is -0.670. The van der Waals surface area contributed by atoms with E-state index in [0.717, 1.165) is 22.5 Å². The Morgan fingerprint density at radius 1 is 0.921 bits per heavy atom. The lowest BCUT2D eigenvalue weighted by molar-refractivity contribution is -0.116. The number of para-hydroxylation sites is 2. The molecule has 9 heteroatoms. The zero-order valence-electron chi connectivity index (χ0n) is 20.4. The number of rotatable bonds is 9. The van der Waals surface area contributed by atoms with Crippen LogP contribution in [0.25, 0.3) is 16.8 Å². The van der Waals surface area contributed by atoms with Gasteiger partial charge in [0, 0.05) is 35.6 Å². The van der Waals surface area contributed by atoms with Gasteiger partial charge in [-0.25, -0.2) is 9.37 Å². The molecule has 2 aromatic heterocycles. The van der Waals surface area contributed by atoms with Crippen LogP contribution in [0.2, 0.25) is 0 Å². The van der Waals surface area contributed by atoms with Crippen LogP contribution in [0.3, 0.4) is 0 Å². The Labute approximate surface area is 218 Å². The number of benzene rings is 3. The average molecular weight is 509 g/mol. The van der Waals surface area contributed by atoms with Crippen LogP contribution >= 0.6 is 0 Å². The minimum Gasteiger partial charge on any atom is -0.324 e. The summed E-state index contributed by atoms with van der Waals surface area (Å²) in [4.78, 5) is 30.1. The zero-order valence-corrected chi connectivity index (χ0v) is 20.4. The van der Waals surface area contributed by atoms with Gasteiger partial charge in [0.05, 0.1) is 17.6 Å². The van der Waals surface area contributed by atoms with Crippen molar-refractivity contribution >= 4 is 23.5 Å². The molecule has 0 fully saturated rings. The van der Waals surface area contributed by atoms with Crippen LogP contribution in [0.4, 0.5) is 16.0 Å². The minimum atomic E-state index is -0.474. The summed E-state index contributed by atoms with van der Waals surface area (Å²) in [6, 6.07) is 22.9. The highest BCUT2D eigenvalue weighted by atomic mass is 19.1. The predicted octanol–water partition coefficient (Wildman–Crippen LogP) is 5.62. The molecule has 2 heterocycles. The van der Waals surface area contributed by atoms with E-state index in [2.05, 4.69) is 25.8 Å². The van der Waals surface area contributed by atoms with Gasteiger partial charge in [-0.1, -0.05) is 42.5 Å². The first kappa shape index (κ1) is 24.6. The van der Waals surface area contributed by atoms with E-state index in [1.165, 1.54) is 12.1 Å². The topological polar surface area (TPSA) is 105 Å². The van der Waals surface area contributed by atoms with Gasteiger partial charge in [-0.15, -0.1) is 0 Å². The zero-order chi connectivity index (χ0) is 26.3. The fraction of sp³-hybridized carbons (Fsp3) is 0.103. The molecule has 0 aliphatic rings. The monoisotopic (exact) mass is 508 g/mol. The molecule has 0 unspecified atom stereocenters. The fourth-order valence-corrected chi connectivity index (χ4v) is 4.05. The van der Waals surface area contributed by atoms with E-state index >= 15 is 0 Å². The Morgan fingerprint density at radius 2 is 1.74 bits per heavy atom.